The van der Waals surface area contributed by atoms with E-state index in [4.69, 9.17) is 10.7 Å². The van der Waals surface area contributed by atoms with Gasteiger partial charge in [0.05, 0.1) is 6.33 Å². The highest BCUT2D eigenvalue weighted by Crippen LogP contribution is 2.11. The zero-order valence-electron chi connectivity index (χ0n) is 9.43. The van der Waals surface area contributed by atoms with Crippen LogP contribution in [0.2, 0.25) is 0 Å². The second-order valence-corrected chi connectivity index (χ2v) is 5.93. The molecule has 0 amide bonds. The average Bonchev–Trinajstić information content (AvgIpc) is 2.67. The van der Waals surface area contributed by atoms with Crippen molar-refractivity contribution in [3.8, 4) is 0 Å². The maximum atomic E-state index is 11.0. The van der Waals surface area contributed by atoms with Crippen LogP contribution in [0.15, 0.2) is 17.6 Å². The monoisotopic (exact) mass is 265 g/mol. The molecular formula is C9H16ClN3O2S. The Morgan fingerprint density at radius 3 is 2.50 bits per heavy atom. The molecule has 0 bridgehead atoms. The molecule has 5 nitrogen and oxygen atoms in total. The van der Waals surface area contributed by atoms with Crippen molar-refractivity contribution in [2.75, 3.05) is 19.6 Å². The van der Waals surface area contributed by atoms with Crippen LogP contribution in [0, 0.1) is 0 Å². The van der Waals surface area contributed by atoms with Gasteiger partial charge < -0.3 is 9.47 Å². The van der Waals surface area contributed by atoms with Gasteiger partial charge in [-0.3, -0.25) is 0 Å². The highest BCUT2D eigenvalue weighted by Gasteiger charge is 2.13. The molecule has 0 saturated heterocycles. The summed E-state index contributed by atoms with van der Waals surface area (Å²) in [7, 11) is 1.47. The summed E-state index contributed by atoms with van der Waals surface area (Å²) in [5.74, 6) is 0. The van der Waals surface area contributed by atoms with Gasteiger partial charge in [-0.25, -0.2) is 13.4 Å². The average molecular weight is 266 g/mol. The van der Waals surface area contributed by atoms with Crippen molar-refractivity contribution >= 4 is 19.7 Å². The van der Waals surface area contributed by atoms with E-state index in [1.54, 1.807) is 4.57 Å². The molecule has 1 aromatic heterocycles. The molecule has 1 rings (SSSR count). The number of hydrogen-bond acceptors (Lipinski definition) is 4. The third-order valence-electron chi connectivity index (χ3n) is 2.43. The van der Waals surface area contributed by atoms with E-state index in [1.165, 1.54) is 12.5 Å². The Balaban J connectivity index is 2.60. The van der Waals surface area contributed by atoms with Gasteiger partial charge in [-0.15, -0.1) is 0 Å². The van der Waals surface area contributed by atoms with Gasteiger partial charge in [-0.1, -0.05) is 13.8 Å². The lowest BCUT2D eigenvalue weighted by molar-refractivity contribution is 0.290. The van der Waals surface area contributed by atoms with Crippen molar-refractivity contribution < 1.29 is 8.42 Å². The quantitative estimate of drug-likeness (QED) is 0.724. The minimum absolute atomic E-state index is 0.0892. The molecule has 0 N–H and O–H groups in total. The van der Waals surface area contributed by atoms with Gasteiger partial charge >= 0.3 is 0 Å². The van der Waals surface area contributed by atoms with Crippen molar-refractivity contribution in [3.05, 3.63) is 12.5 Å². The highest BCUT2D eigenvalue weighted by atomic mass is 35.7. The third kappa shape index (κ3) is 3.77. The van der Waals surface area contributed by atoms with Gasteiger partial charge in [0.1, 0.15) is 0 Å². The van der Waals surface area contributed by atoms with E-state index in [-0.39, 0.29) is 5.03 Å². The molecule has 0 atom stereocenters. The van der Waals surface area contributed by atoms with Gasteiger partial charge in [0.2, 0.25) is 0 Å². The topological polar surface area (TPSA) is 55.2 Å². The van der Waals surface area contributed by atoms with E-state index >= 15 is 0 Å². The Morgan fingerprint density at radius 2 is 2.06 bits per heavy atom. The lowest BCUT2D eigenvalue weighted by atomic mass is 10.4. The minimum Gasteiger partial charge on any atom is -0.335 e. The summed E-state index contributed by atoms with van der Waals surface area (Å²) in [4.78, 5) is 5.99. The van der Waals surface area contributed by atoms with Crippen LogP contribution in [0.4, 0.5) is 0 Å². The first-order valence-corrected chi connectivity index (χ1v) is 7.47. The number of rotatable bonds is 6. The number of halogens is 1. The van der Waals surface area contributed by atoms with Crippen LogP contribution in [0.5, 0.6) is 0 Å². The summed E-state index contributed by atoms with van der Waals surface area (Å²) in [6.45, 7) is 7.71. The first kappa shape index (κ1) is 13.5. The number of nitrogens with zero attached hydrogens (tertiary/aromatic N) is 3. The van der Waals surface area contributed by atoms with Gasteiger partial charge in [-0.2, -0.15) is 0 Å². The first-order valence-electron chi connectivity index (χ1n) is 5.16. The summed E-state index contributed by atoms with van der Waals surface area (Å²) >= 11 is 0. The Morgan fingerprint density at radius 1 is 1.44 bits per heavy atom. The molecule has 0 aliphatic rings. The normalized spacial score (nSPS) is 12.2. The number of aromatic nitrogens is 2. The van der Waals surface area contributed by atoms with Crippen LogP contribution in [-0.2, 0) is 15.6 Å². The van der Waals surface area contributed by atoms with Gasteiger partial charge in [0, 0.05) is 30.0 Å². The molecule has 0 saturated carbocycles. The van der Waals surface area contributed by atoms with Gasteiger partial charge in [-0.05, 0) is 13.1 Å². The Labute approximate surface area is 100 Å². The predicted octanol–water partition coefficient (Wildman–Crippen LogP) is 1.15. The van der Waals surface area contributed by atoms with Gasteiger partial charge in [0.25, 0.3) is 9.05 Å². The lowest BCUT2D eigenvalue weighted by Gasteiger charge is -2.17. The second-order valence-electron chi connectivity index (χ2n) is 3.41. The van der Waals surface area contributed by atoms with E-state index in [0.29, 0.717) is 6.54 Å². The summed E-state index contributed by atoms with van der Waals surface area (Å²) < 4.78 is 23.7. The van der Waals surface area contributed by atoms with Crippen LogP contribution in [0.3, 0.4) is 0 Å². The van der Waals surface area contributed by atoms with Crippen molar-refractivity contribution in [1.29, 1.82) is 0 Å². The maximum absolute atomic E-state index is 11.0. The molecular weight excluding hydrogens is 250 g/mol. The zero-order valence-corrected chi connectivity index (χ0v) is 11.0. The van der Waals surface area contributed by atoms with Crippen LogP contribution in [-0.4, -0.2) is 42.5 Å². The van der Waals surface area contributed by atoms with Crippen molar-refractivity contribution in [2.45, 2.75) is 25.4 Å². The molecule has 0 aliphatic carbocycles. The van der Waals surface area contributed by atoms with Crippen LogP contribution in [0.1, 0.15) is 13.8 Å². The first-order chi connectivity index (χ1) is 7.47. The molecule has 0 aromatic carbocycles. The fourth-order valence-corrected chi connectivity index (χ4v) is 2.06. The summed E-state index contributed by atoms with van der Waals surface area (Å²) in [5, 5.41) is -0.0892. The summed E-state index contributed by atoms with van der Waals surface area (Å²) in [6, 6.07) is 0. The molecule has 1 aromatic rings. The second kappa shape index (κ2) is 5.65. The minimum atomic E-state index is -3.71. The van der Waals surface area contributed by atoms with E-state index in [0.717, 1.165) is 19.6 Å². The Hall–Kier alpha value is -0.590. The van der Waals surface area contributed by atoms with Crippen LogP contribution in [0.25, 0.3) is 0 Å². The largest absolute Gasteiger partial charge is 0.335 e. The van der Waals surface area contributed by atoms with E-state index in [2.05, 4.69) is 23.7 Å². The highest BCUT2D eigenvalue weighted by molar-refractivity contribution is 8.13. The predicted molar refractivity (Wildman–Crippen MR) is 63.1 cm³/mol. The zero-order chi connectivity index (χ0) is 12.2. The number of hydrogen-bond donors (Lipinski definition) is 0. The van der Waals surface area contributed by atoms with E-state index < -0.39 is 9.05 Å². The van der Waals surface area contributed by atoms with E-state index in [9.17, 15) is 8.42 Å². The molecule has 16 heavy (non-hydrogen) atoms. The summed E-state index contributed by atoms with van der Waals surface area (Å²) in [6.07, 6.45) is 2.94. The molecule has 1 heterocycles. The van der Waals surface area contributed by atoms with Crippen molar-refractivity contribution in [2.24, 2.45) is 0 Å². The Bertz CT molecular complexity index is 426. The fourth-order valence-electron chi connectivity index (χ4n) is 1.38. The Kier molecular flexibility index (Phi) is 4.76. The smallest absolute Gasteiger partial charge is 0.280 e. The van der Waals surface area contributed by atoms with Crippen LogP contribution >= 0.6 is 10.7 Å². The molecule has 92 valence electrons. The van der Waals surface area contributed by atoms with E-state index in [1.807, 2.05) is 0 Å². The van der Waals surface area contributed by atoms with Crippen LogP contribution < -0.4 is 0 Å². The SMILES string of the molecule is CCN(CC)CCn1cnc(S(=O)(=O)Cl)c1. The van der Waals surface area contributed by atoms with Crippen molar-refractivity contribution in [1.82, 2.24) is 14.5 Å². The maximum Gasteiger partial charge on any atom is 0.280 e. The molecule has 7 heteroatoms. The number of imidazole rings is 1. The fraction of sp³-hybridized carbons (Fsp3) is 0.667. The van der Waals surface area contributed by atoms with Crippen molar-refractivity contribution in [3.63, 3.8) is 0 Å². The molecule has 0 fully saturated rings. The third-order valence-corrected chi connectivity index (χ3v) is 3.61. The number of likely N-dealkylation sites (N-methyl/N-ethyl adjacent to an activating group) is 1. The lowest BCUT2D eigenvalue weighted by Crippen LogP contribution is -2.26. The molecule has 0 unspecified atom stereocenters. The molecule has 0 radical (unpaired) electrons. The standard InChI is InChI=1S/C9H16ClN3O2S/c1-3-12(4-2)5-6-13-7-9(11-8-13)16(10,14)15/h7-8H,3-6H2,1-2H3. The summed E-state index contributed by atoms with van der Waals surface area (Å²) in [5.41, 5.74) is 0. The molecule has 0 aliphatic heterocycles. The molecule has 0 spiro atoms. The van der Waals surface area contributed by atoms with Gasteiger partial charge in [0.15, 0.2) is 5.03 Å².